The first-order valence-electron chi connectivity index (χ1n) is 6.15. The van der Waals surface area contributed by atoms with Gasteiger partial charge in [0.1, 0.15) is 0 Å². The maximum atomic E-state index is 12.6. The number of piperidine rings is 1. The number of aliphatic hydroxyl groups is 1. The van der Waals surface area contributed by atoms with Gasteiger partial charge in [-0.1, -0.05) is 13.8 Å². The van der Waals surface area contributed by atoms with Crippen LogP contribution in [0.15, 0.2) is 0 Å². The van der Waals surface area contributed by atoms with Crippen LogP contribution in [0.1, 0.15) is 33.1 Å². The van der Waals surface area contributed by atoms with Crippen LogP contribution in [-0.4, -0.2) is 40.8 Å². The fourth-order valence-corrected chi connectivity index (χ4v) is 2.49. The number of carbonyl (C=O) groups excluding carboxylic acids is 1. The van der Waals surface area contributed by atoms with Crippen molar-refractivity contribution in [2.24, 2.45) is 11.3 Å². The number of halogens is 3. The fraction of sp³-hybridized carbons (Fsp3) is 0.917. The van der Waals surface area contributed by atoms with Gasteiger partial charge in [-0.3, -0.25) is 4.79 Å². The Balaban J connectivity index is 1.93. The number of hydrogen-bond donors (Lipinski definition) is 1. The van der Waals surface area contributed by atoms with Crippen molar-refractivity contribution in [3.8, 4) is 0 Å². The Kier molecular flexibility index (Phi) is 2.92. The molecule has 2 aliphatic rings. The van der Waals surface area contributed by atoms with Crippen LogP contribution in [0.2, 0.25) is 0 Å². The molecule has 2 fully saturated rings. The van der Waals surface area contributed by atoms with Gasteiger partial charge in [-0.15, -0.1) is 0 Å². The van der Waals surface area contributed by atoms with E-state index in [0.29, 0.717) is 0 Å². The molecule has 0 spiro atoms. The van der Waals surface area contributed by atoms with E-state index in [1.54, 1.807) is 0 Å². The molecule has 0 bridgehead atoms. The van der Waals surface area contributed by atoms with Gasteiger partial charge >= 0.3 is 6.18 Å². The molecule has 3 nitrogen and oxygen atoms in total. The van der Waals surface area contributed by atoms with Crippen LogP contribution < -0.4 is 0 Å². The Morgan fingerprint density at radius 3 is 2.06 bits per heavy atom. The van der Waals surface area contributed by atoms with E-state index >= 15 is 0 Å². The minimum atomic E-state index is -4.61. The lowest BCUT2D eigenvalue weighted by molar-refractivity contribution is -0.272. The van der Waals surface area contributed by atoms with Crippen molar-refractivity contribution in [1.82, 2.24) is 4.90 Å². The van der Waals surface area contributed by atoms with E-state index < -0.39 is 24.6 Å². The third kappa shape index (κ3) is 2.22. The Hall–Kier alpha value is -0.780. The summed E-state index contributed by atoms with van der Waals surface area (Å²) in [6, 6.07) is 0. The molecule has 6 heteroatoms. The molecule has 1 atom stereocenters. The highest BCUT2D eigenvalue weighted by atomic mass is 19.4. The highest BCUT2D eigenvalue weighted by molar-refractivity contribution is 5.82. The summed E-state index contributed by atoms with van der Waals surface area (Å²) in [6.07, 6.45) is -4.66. The number of nitrogens with zero attached hydrogens (tertiary/aromatic N) is 1. The van der Waals surface area contributed by atoms with E-state index in [2.05, 4.69) is 0 Å². The average Bonchev–Trinajstić information content (AvgIpc) is 2.86. The van der Waals surface area contributed by atoms with Crippen LogP contribution in [-0.2, 0) is 4.79 Å². The van der Waals surface area contributed by atoms with E-state index in [-0.39, 0.29) is 30.3 Å². The zero-order chi connectivity index (χ0) is 13.8. The van der Waals surface area contributed by atoms with Gasteiger partial charge in [-0.25, -0.2) is 0 Å². The lowest BCUT2D eigenvalue weighted by atomic mass is 9.90. The second kappa shape index (κ2) is 3.85. The standard InChI is InChI=1S/C12H18F3NO2/c1-10(2)7-8(10)9(17)16-5-3-11(18,4-6-16)12(13,14)15/h8,18H,3-7H2,1-2H3/t8-/m1/s1. The van der Waals surface area contributed by atoms with Gasteiger partial charge in [0.15, 0.2) is 5.60 Å². The van der Waals surface area contributed by atoms with Crippen LogP contribution in [0.3, 0.4) is 0 Å². The Morgan fingerprint density at radius 1 is 1.28 bits per heavy atom. The van der Waals surface area contributed by atoms with Gasteiger partial charge < -0.3 is 10.0 Å². The maximum absolute atomic E-state index is 12.6. The van der Waals surface area contributed by atoms with E-state index in [9.17, 15) is 23.1 Å². The highest BCUT2D eigenvalue weighted by Gasteiger charge is 2.57. The van der Waals surface area contributed by atoms with Gasteiger partial charge in [0.2, 0.25) is 5.91 Å². The fourth-order valence-electron chi connectivity index (χ4n) is 2.49. The summed E-state index contributed by atoms with van der Waals surface area (Å²) >= 11 is 0. The summed E-state index contributed by atoms with van der Waals surface area (Å²) < 4.78 is 37.8. The second-order valence-electron chi connectivity index (χ2n) is 6.10. The number of carbonyl (C=O) groups is 1. The minimum absolute atomic E-state index is 0.0125. The molecular weight excluding hydrogens is 247 g/mol. The predicted molar refractivity (Wildman–Crippen MR) is 58.7 cm³/mol. The largest absolute Gasteiger partial charge is 0.417 e. The summed E-state index contributed by atoms with van der Waals surface area (Å²) in [4.78, 5) is 13.5. The first-order chi connectivity index (χ1) is 8.07. The lowest BCUT2D eigenvalue weighted by Crippen LogP contribution is -2.54. The average molecular weight is 265 g/mol. The van der Waals surface area contributed by atoms with Crippen molar-refractivity contribution >= 4 is 5.91 Å². The maximum Gasteiger partial charge on any atom is 0.417 e. The monoisotopic (exact) mass is 265 g/mol. The van der Waals surface area contributed by atoms with Gasteiger partial charge in [0.25, 0.3) is 0 Å². The first kappa shape index (κ1) is 13.6. The van der Waals surface area contributed by atoms with Crippen LogP contribution in [0.5, 0.6) is 0 Å². The summed E-state index contributed by atoms with van der Waals surface area (Å²) in [5, 5.41) is 9.50. The smallest absolute Gasteiger partial charge is 0.380 e. The Morgan fingerprint density at radius 2 is 1.72 bits per heavy atom. The topological polar surface area (TPSA) is 40.5 Å². The van der Waals surface area contributed by atoms with E-state index in [0.717, 1.165) is 6.42 Å². The van der Waals surface area contributed by atoms with Gasteiger partial charge in [0.05, 0.1) is 0 Å². The molecular formula is C12H18F3NO2. The zero-order valence-corrected chi connectivity index (χ0v) is 10.5. The van der Waals surface area contributed by atoms with Crippen molar-refractivity contribution < 1.29 is 23.1 Å². The molecule has 104 valence electrons. The third-order valence-corrected chi connectivity index (χ3v) is 4.24. The Labute approximate surface area is 104 Å². The van der Waals surface area contributed by atoms with Crippen molar-refractivity contribution in [2.75, 3.05) is 13.1 Å². The number of likely N-dealkylation sites (tertiary alicyclic amines) is 1. The number of alkyl halides is 3. The molecule has 18 heavy (non-hydrogen) atoms. The van der Waals surface area contributed by atoms with Crippen LogP contribution in [0.25, 0.3) is 0 Å². The number of hydrogen-bond acceptors (Lipinski definition) is 2. The molecule has 1 aliphatic heterocycles. The molecule has 1 heterocycles. The van der Waals surface area contributed by atoms with Gasteiger partial charge in [-0.05, 0) is 11.8 Å². The van der Waals surface area contributed by atoms with Crippen molar-refractivity contribution in [1.29, 1.82) is 0 Å². The van der Waals surface area contributed by atoms with Gasteiger partial charge in [-0.2, -0.15) is 13.2 Å². The SMILES string of the molecule is CC1(C)C[C@@H]1C(=O)N1CCC(O)(C(F)(F)F)CC1. The van der Waals surface area contributed by atoms with E-state index in [1.807, 2.05) is 13.8 Å². The molecule has 0 aromatic rings. The highest BCUT2D eigenvalue weighted by Crippen LogP contribution is 2.53. The molecule has 1 amide bonds. The summed E-state index contributed by atoms with van der Waals surface area (Å²) in [5.41, 5.74) is -2.64. The molecule has 1 saturated carbocycles. The van der Waals surface area contributed by atoms with E-state index in [1.165, 1.54) is 4.90 Å². The zero-order valence-electron chi connectivity index (χ0n) is 10.5. The van der Waals surface area contributed by atoms with E-state index in [4.69, 9.17) is 0 Å². The molecule has 2 rings (SSSR count). The number of amides is 1. The minimum Gasteiger partial charge on any atom is -0.380 e. The van der Waals surface area contributed by atoms with Crippen LogP contribution >= 0.6 is 0 Å². The van der Waals surface area contributed by atoms with Crippen molar-refractivity contribution in [3.05, 3.63) is 0 Å². The van der Waals surface area contributed by atoms with Crippen molar-refractivity contribution in [3.63, 3.8) is 0 Å². The molecule has 1 aliphatic carbocycles. The van der Waals surface area contributed by atoms with Crippen molar-refractivity contribution in [2.45, 2.75) is 44.9 Å². The molecule has 1 saturated heterocycles. The molecule has 0 aromatic heterocycles. The Bertz CT molecular complexity index is 357. The molecule has 0 radical (unpaired) electrons. The summed E-state index contributed by atoms with van der Waals surface area (Å²) in [7, 11) is 0. The quantitative estimate of drug-likeness (QED) is 0.787. The number of rotatable bonds is 1. The van der Waals surface area contributed by atoms with Crippen LogP contribution in [0, 0.1) is 11.3 Å². The van der Waals surface area contributed by atoms with Gasteiger partial charge in [0, 0.05) is 31.8 Å². The summed E-state index contributed by atoms with van der Waals surface area (Å²) in [6.45, 7) is 3.93. The molecule has 1 N–H and O–H groups in total. The first-order valence-corrected chi connectivity index (χ1v) is 6.15. The normalized spacial score (nSPS) is 30.1. The predicted octanol–water partition coefficient (Wildman–Crippen LogP) is 1.95. The molecule has 0 unspecified atom stereocenters. The second-order valence-corrected chi connectivity index (χ2v) is 6.10. The summed E-state index contributed by atoms with van der Waals surface area (Å²) in [5.74, 6) is -0.126. The molecule has 0 aromatic carbocycles. The lowest BCUT2D eigenvalue weighted by Gasteiger charge is -2.39. The van der Waals surface area contributed by atoms with Crippen LogP contribution in [0.4, 0.5) is 13.2 Å². The third-order valence-electron chi connectivity index (χ3n) is 4.24.